The Morgan fingerprint density at radius 3 is 2.36 bits per heavy atom. The number of aryl methyl sites for hydroxylation is 1. The molecule has 6 heteroatoms. The molecule has 0 spiro atoms. The maximum atomic E-state index is 12.5. The van der Waals surface area contributed by atoms with Gasteiger partial charge in [-0.2, -0.15) is 9.97 Å². The summed E-state index contributed by atoms with van der Waals surface area (Å²) < 4.78 is 1.57. The minimum Gasteiger partial charge on any atom is -0.276 e. The minimum absolute atomic E-state index is 0.182. The van der Waals surface area contributed by atoms with Crippen LogP contribution in [0.5, 0.6) is 0 Å². The molecule has 3 aromatic rings. The zero-order valence-corrected chi connectivity index (χ0v) is 14.4. The van der Waals surface area contributed by atoms with Gasteiger partial charge in [-0.15, -0.1) is 0 Å². The van der Waals surface area contributed by atoms with Crippen molar-refractivity contribution in [3.8, 4) is 11.4 Å². The molecule has 2 N–H and O–H groups in total. The predicted octanol–water partition coefficient (Wildman–Crippen LogP) is 2.90. The van der Waals surface area contributed by atoms with Gasteiger partial charge in [0.15, 0.2) is 0 Å². The molecule has 6 nitrogen and oxygen atoms in total. The Bertz CT molecular complexity index is 921. The van der Waals surface area contributed by atoms with Crippen LogP contribution in [0.3, 0.4) is 0 Å². The molecule has 0 radical (unpaired) electrons. The summed E-state index contributed by atoms with van der Waals surface area (Å²) in [4.78, 5) is 21.2. The number of hydrogen-bond donors (Lipinski definition) is 1. The lowest BCUT2D eigenvalue weighted by Crippen LogP contribution is -2.33. The number of para-hydroxylation sites is 1. The normalized spacial score (nSPS) is 10.7. The second-order valence-electron chi connectivity index (χ2n) is 5.59. The van der Waals surface area contributed by atoms with E-state index in [-0.39, 0.29) is 11.6 Å². The Morgan fingerprint density at radius 1 is 1.00 bits per heavy atom. The molecule has 0 atom stereocenters. The average molecular weight is 335 g/mol. The Hall–Kier alpha value is -2.99. The van der Waals surface area contributed by atoms with Crippen LogP contribution in [0.1, 0.15) is 19.4 Å². The smallest absolute Gasteiger partial charge is 0.276 e. The van der Waals surface area contributed by atoms with E-state index in [1.807, 2.05) is 61.5 Å². The van der Waals surface area contributed by atoms with Gasteiger partial charge in [0.2, 0.25) is 0 Å². The molecule has 0 fully saturated rings. The zero-order valence-electron chi connectivity index (χ0n) is 14.4. The number of hydrazine groups is 1. The van der Waals surface area contributed by atoms with Crippen LogP contribution in [0.4, 0.5) is 11.6 Å². The van der Waals surface area contributed by atoms with Gasteiger partial charge in [0.25, 0.3) is 5.95 Å². The van der Waals surface area contributed by atoms with Crippen LogP contribution in [0.2, 0.25) is 0 Å². The molecule has 25 heavy (non-hydrogen) atoms. The van der Waals surface area contributed by atoms with Crippen LogP contribution < -0.4 is 16.5 Å². The van der Waals surface area contributed by atoms with Crippen molar-refractivity contribution >= 4 is 11.6 Å². The van der Waals surface area contributed by atoms with Crippen molar-refractivity contribution in [3.63, 3.8) is 0 Å². The summed E-state index contributed by atoms with van der Waals surface area (Å²) in [6.45, 7) is 4.47. The van der Waals surface area contributed by atoms with E-state index in [1.54, 1.807) is 4.57 Å². The lowest BCUT2D eigenvalue weighted by molar-refractivity contribution is 0.681. The molecule has 2 aromatic carbocycles. The molecule has 0 aliphatic carbocycles. The van der Waals surface area contributed by atoms with E-state index < -0.39 is 0 Å². The SMILES string of the molecule is CCc1ccccc1-c1nc(N(N)c2ccccc2)nc(=O)n1CC. The number of nitrogens with two attached hydrogens (primary N) is 1. The van der Waals surface area contributed by atoms with Crippen molar-refractivity contribution in [2.45, 2.75) is 26.8 Å². The fourth-order valence-corrected chi connectivity index (χ4v) is 2.77. The van der Waals surface area contributed by atoms with Gasteiger partial charge in [0, 0.05) is 12.1 Å². The van der Waals surface area contributed by atoms with Gasteiger partial charge in [0.1, 0.15) is 5.82 Å². The molecular weight excluding hydrogens is 314 g/mol. The van der Waals surface area contributed by atoms with Crippen LogP contribution in [0.15, 0.2) is 59.4 Å². The molecule has 0 aliphatic heterocycles. The van der Waals surface area contributed by atoms with Crippen LogP contribution in [-0.2, 0) is 13.0 Å². The molecule has 128 valence electrons. The third kappa shape index (κ3) is 3.29. The fourth-order valence-electron chi connectivity index (χ4n) is 2.77. The summed E-state index contributed by atoms with van der Waals surface area (Å²) in [5.41, 5.74) is 2.40. The molecule has 0 bridgehead atoms. The molecule has 1 heterocycles. The third-order valence-corrected chi connectivity index (χ3v) is 4.09. The number of anilines is 2. The lowest BCUT2D eigenvalue weighted by Gasteiger charge is -2.19. The van der Waals surface area contributed by atoms with Crippen LogP contribution in [0.25, 0.3) is 11.4 Å². The molecule has 0 amide bonds. The number of rotatable bonds is 5. The Morgan fingerprint density at radius 2 is 1.68 bits per heavy atom. The topological polar surface area (TPSA) is 77.0 Å². The Balaban J connectivity index is 2.18. The highest BCUT2D eigenvalue weighted by Crippen LogP contribution is 2.24. The van der Waals surface area contributed by atoms with Gasteiger partial charge in [-0.05, 0) is 31.0 Å². The maximum Gasteiger partial charge on any atom is 0.352 e. The Labute approximate surface area is 146 Å². The van der Waals surface area contributed by atoms with E-state index in [1.165, 1.54) is 5.01 Å². The van der Waals surface area contributed by atoms with Gasteiger partial charge in [0.05, 0.1) is 5.69 Å². The molecule has 0 aliphatic rings. The van der Waals surface area contributed by atoms with E-state index >= 15 is 0 Å². The highest BCUT2D eigenvalue weighted by molar-refractivity contribution is 5.63. The van der Waals surface area contributed by atoms with Gasteiger partial charge in [-0.25, -0.2) is 15.6 Å². The second-order valence-corrected chi connectivity index (χ2v) is 5.59. The summed E-state index contributed by atoms with van der Waals surface area (Å²) in [7, 11) is 0. The highest BCUT2D eigenvalue weighted by Gasteiger charge is 2.16. The first-order valence-corrected chi connectivity index (χ1v) is 8.32. The van der Waals surface area contributed by atoms with E-state index in [2.05, 4.69) is 16.9 Å². The molecule has 0 unspecified atom stereocenters. The van der Waals surface area contributed by atoms with E-state index in [4.69, 9.17) is 5.84 Å². The largest absolute Gasteiger partial charge is 0.352 e. The molecular formula is C19H21N5O. The first-order chi connectivity index (χ1) is 12.2. The summed E-state index contributed by atoms with van der Waals surface area (Å²) in [6, 6.07) is 17.3. The molecule has 0 saturated heterocycles. The standard InChI is InChI=1S/C19H21N5O/c1-3-14-10-8-9-13-16(14)17-21-18(22-19(25)23(17)4-2)24(20)15-11-6-5-7-12-15/h5-13H,3-4,20H2,1-2H3. The summed E-state index contributed by atoms with van der Waals surface area (Å²) in [5.74, 6) is 6.92. The van der Waals surface area contributed by atoms with Crippen molar-refractivity contribution in [2.24, 2.45) is 5.84 Å². The molecule has 3 rings (SSSR count). The molecule has 1 aromatic heterocycles. The number of aromatic nitrogens is 3. The number of benzene rings is 2. The number of hydrogen-bond acceptors (Lipinski definition) is 5. The quantitative estimate of drug-likeness (QED) is 0.573. The van der Waals surface area contributed by atoms with E-state index in [0.29, 0.717) is 18.1 Å². The van der Waals surface area contributed by atoms with Crippen LogP contribution in [-0.4, -0.2) is 14.5 Å². The first-order valence-electron chi connectivity index (χ1n) is 8.32. The highest BCUT2D eigenvalue weighted by atomic mass is 16.1. The zero-order chi connectivity index (χ0) is 17.8. The summed E-state index contributed by atoms with van der Waals surface area (Å²) >= 11 is 0. The van der Waals surface area contributed by atoms with Crippen molar-refractivity contribution in [2.75, 3.05) is 5.01 Å². The van der Waals surface area contributed by atoms with Gasteiger partial charge in [-0.1, -0.05) is 49.4 Å². The van der Waals surface area contributed by atoms with Gasteiger partial charge >= 0.3 is 5.69 Å². The van der Waals surface area contributed by atoms with Crippen molar-refractivity contribution in [1.82, 2.24) is 14.5 Å². The van der Waals surface area contributed by atoms with Gasteiger partial charge in [-0.3, -0.25) is 4.57 Å². The predicted molar refractivity (Wildman–Crippen MR) is 99.5 cm³/mol. The Kier molecular flexibility index (Phi) is 4.90. The van der Waals surface area contributed by atoms with E-state index in [9.17, 15) is 4.79 Å². The van der Waals surface area contributed by atoms with Crippen LogP contribution >= 0.6 is 0 Å². The van der Waals surface area contributed by atoms with Crippen molar-refractivity contribution in [3.05, 3.63) is 70.6 Å². The summed E-state index contributed by atoms with van der Waals surface area (Å²) in [6.07, 6.45) is 0.846. The lowest BCUT2D eigenvalue weighted by atomic mass is 10.0. The second kappa shape index (κ2) is 7.27. The van der Waals surface area contributed by atoms with Gasteiger partial charge < -0.3 is 0 Å². The average Bonchev–Trinajstić information content (AvgIpc) is 2.67. The van der Waals surface area contributed by atoms with Crippen molar-refractivity contribution < 1.29 is 0 Å². The monoisotopic (exact) mass is 335 g/mol. The maximum absolute atomic E-state index is 12.5. The van der Waals surface area contributed by atoms with Crippen LogP contribution in [0, 0.1) is 0 Å². The summed E-state index contributed by atoms with van der Waals surface area (Å²) in [5, 5.41) is 1.33. The third-order valence-electron chi connectivity index (χ3n) is 4.09. The van der Waals surface area contributed by atoms with Crippen molar-refractivity contribution in [1.29, 1.82) is 0 Å². The fraction of sp³-hybridized carbons (Fsp3) is 0.211. The first kappa shape index (κ1) is 16.9. The van der Waals surface area contributed by atoms with E-state index in [0.717, 1.165) is 17.5 Å². The molecule has 0 saturated carbocycles. The number of nitrogens with zero attached hydrogens (tertiary/aromatic N) is 4. The minimum atomic E-state index is -0.361.